The molecule has 3 amide bonds. The Kier molecular flexibility index (Phi) is 5.98. The molecule has 2 atom stereocenters. The van der Waals surface area contributed by atoms with Crippen molar-refractivity contribution in [3.05, 3.63) is 65.2 Å². The fourth-order valence-corrected chi connectivity index (χ4v) is 3.51. The van der Waals surface area contributed by atoms with Gasteiger partial charge in [-0.15, -0.1) is 0 Å². The van der Waals surface area contributed by atoms with E-state index in [4.69, 9.17) is 4.74 Å². The van der Waals surface area contributed by atoms with Crippen molar-refractivity contribution in [2.45, 2.75) is 25.9 Å². The first-order valence-electron chi connectivity index (χ1n) is 9.41. The van der Waals surface area contributed by atoms with Gasteiger partial charge in [-0.2, -0.15) is 0 Å². The normalized spacial score (nSPS) is 15.3. The van der Waals surface area contributed by atoms with E-state index < -0.39 is 29.8 Å². The molecule has 1 aliphatic heterocycles. The van der Waals surface area contributed by atoms with Gasteiger partial charge in [0.05, 0.1) is 30.9 Å². The second-order valence-electron chi connectivity index (χ2n) is 7.23. The van der Waals surface area contributed by atoms with Gasteiger partial charge in [0.2, 0.25) is 5.91 Å². The smallest absolute Gasteiger partial charge is 0.262 e. The van der Waals surface area contributed by atoms with Crippen molar-refractivity contribution in [1.82, 2.24) is 10.2 Å². The van der Waals surface area contributed by atoms with Crippen molar-refractivity contribution >= 4 is 17.7 Å². The highest BCUT2D eigenvalue weighted by Gasteiger charge is 2.44. The number of aliphatic hydroxyl groups excluding tert-OH is 1. The average Bonchev–Trinajstić information content (AvgIpc) is 2.97. The molecule has 7 nitrogen and oxygen atoms in total. The zero-order chi connectivity index (χ0) is 21.1. The number of carbonyl (C=O) groups is 3. The van der Waals surface area contributed by atoms with E-state index in [1.54, 1.807) is 69.5 Å². The summed E-state index contributed by atoms with van der Waals surface area (Å²) in [7, 11) is 1.55. The predicted octanol–water partition coefficient (Wildman–Crippen LogP) is 2.17. The molecular formula is C22H24N2O5. The molecule has 7 heteroatoms. The van der Waals surface area contributed by atoms with Crippen molar-refractivity contribution in [2.24, 2.45) is 5.92 Å². The van der Waals surface area contributed by atoms with E-state index in [1.165, 1.54) is 0 Å². The Morgan fingerprint density at radius 1 is 1.03 bits per heavy atom. The third-order valence-corrected chi connectivity index (χ3v) is 5.02. The lowest BCUT2D eigenvalue weighted by Crippen LogP contribution is -2.53. The topological polar surface area (TPSA) is 95.9 Å². The zero-order valence-electron chi connectivity index (χ0n) is 16.6. The molecule has 2 aromatic carbocycles. The van der Waals surface area contributed by atoms with Crippen molar-refractivity contribution in [3.8, 4) is 5.75 Å². The Hall–Kier alpha value is -3.19. The van der Waals surface area contributed by atoms with E-state index >= 15 is 0 Å². The standard InChI is InChI=1S/C22H24N2O5/c1-13(2)19(24-21(27)16-6-4-5-7-17(16)22(24)28)20(26)23-18(12-25)14-8-10-15(29-3)11-9-14/h4-11,13,18-19,25H,12H2,1-3H3,(H,23,26)/t18?,19-/m0/s1. The molecule has 1 heterocycles. The maximum atomic E-state index is 13.1. The molecule has 29 heavy (non-hydrogen) atoms. The van der Waals surface area contributed by atoms with Gasteiger partial charge < -0.3 is 15.2 Å². The molecule has 3 rings (SSSR count). The number of aliphatic hydroxyl groups is 1. The molecule has 0 fully saturated rings. The molecule has 1 unspecified atom stereocenters. The molecule has 152 valence electrons. The van der Waals surface area contributed by atoms with Crippen LogP contribution in [0.4, 0.5) is 0 Å². The van der Waals surface area contributed by atoms with Crippen molar-refractivity contribution in [1.29, 1.82) is 0 Å². The van der Waals surface area contributed by atoms with Gasteiger partial charge in [0.25, 0.3) is 11.8 Å². The monoisotopic (exact) mass is 396 g/mol. The van der Waals surface area contributed by atoms with Crippen molar-refractivity contribution in [2.75, 3.05) is 13.7 Å². The summed E-state index contributed by atoms with van der Waals surface area (Å²) in [6.45, 7) is 3.22. The fraction of sp³-hybridized carbons (Fsp3) is 0.318. The van der Waals surface area contributed by atoms with Gasteiger partial charge in [-0.3, -0.25) is 19.3 Å². The Balaban J connectivity index is 1.84. The quantitative estimate of drug-likeness (QED) is 0.700. The third-order valence-electron chi connectivity index (χ3n) is 5.02. The van der Waals surface area contributed by atoms with Gasteiger partial charge in [0.15, 0.2) is 0 Å². The highest BCUT2D eigenvalue weighted by molar-refractivity contribution is 6.22. The summed E-state index contributed by atoms with van der Waals surface area (Å²) in [5, 5.41) is 12.6. The molecule has 0 saturated heterocycles. The summed E-state index contributed by atoms with van der Waals surface area (Å²) in [6, 6.07) is 11.8. The second-order valence-corrected chi connectivity index (χ2v) is 7.23. The van der Waals surface area contributed by atoms with Crippen LogP contribution in [0, 0.1) is 5.92 Å². The van der Waals surface area contributed by atoms with Crippen LogP contribution in [-0.4, -0.2) is 47.5 Å². The lowest BCUT2D eigenvalue weighted by molar-refractivity contribution is -0.127. The first-order valence-corrected chi connectivity index (χ1v) is 9.41. The molecule has 1 aliphatic rings. The maximum Gasteiger partial charge on any atom is 0.262 e. The van der Waals surface area contributed by atoms with Crippen LogP contribution < -0.4 is 10.1 Å². The molecule has 0 radical (unpaired) electrons. The van der Waals surface area contributed by atoms with Crippen LogP contribution in [0.3, 0.4) is 0 Å². The number of amides is 3. The summed E-state index contributed by atoms with van der Waals surface area (Å²) in [5.41, 5.74) is 1.28. The summed E-state index contributed by atoms with van der Waals surface area (Å²) in [5.74, 6) is -1.12. The number of hydrogen-bond acceptors (Lipinski definition) is 5. The Morgan fingerprint density at radius 3 is 2.03 bits per heavy atom. The van der Waals surface area contributed by atoms with Gasteiger partial charge in [-0.25, -0.2) is 0 Å². The van der Waals surface area contributed by atoms with Gasteiger partial charge in [0, 0.05) is 0 Å². The van der Waals surface area contributed by atoms with E-state index in [9.17, 15) is 19.5 Å². The number of rotatable bonds is 7. The minimum atomic E-state index is -0.991. The molecule has 0 spiro atoms. The van der Waals surface area contributed by atoms with E-state index in [-0.39, 0.29) is 12.5 Å². The highest BCUT2D eigenvalue weighted by Crippen LogP contribution is 2.28. The van der Waals surface area contributed by atoms with Crippen LogP contribution >= 0.6 is 0 Å². The third kappa shape index (κ3) is 3.86. The number of fused-ring (bicyclic) bond motifs is 1. The maximum absolute atomic E-state index is 13.1. The SMILES string of the molecule is COc1ccc(C(CO)NC(=O)[C@H](C(C)C)N2C(=O)c3ccccc3C2=O)cc1. The molecule has 0 bridgehead atoms. The second kappa shape index (κ2) is 8.45. The number of methoxy groups -OCH3 is 1. The van der Waals surface area contributed by atoms with Gasteiger partial charge in [-0.05, 0) is 35.7 Å². The largest absolute Gasteiger partial charge is 0.497 e. The fourth-order valence-electron chi connectivity index (χ4n) is 3.51. The Labute approximate surface area is 169 Å². The summed E-state index contributed by atoms with van der Waals surface area (Å²) < 4.78 is 5.12. The number of nitrogens with one attached hydrogen (secondary N) is 1. The molecular weight excluding hydrogens is 372 g/mol. The number of ether oxygens (including phenoxy) is 1. The van der Waals surface area contributed by atoms with E-state index in [2.05, 4.69) is 5.32 Å². The summed E-state index contributed by atoms with van der Waals surface area (Å²) in [4.78, 5) is 39.7. The van der Waals surface area contributed by atoms with Crippen LogP contribution in [0.15, 0.2) is 48.5 Å². The number of carbonyl (C=O) groups excluding carboxylic acids is 3. The highest BCUT2D eigenvalue weighted by atomic mass is 16.5. The van der Waals surface area contributed by atoms with E-state index in [0.29, 0.717) is 22.4 Å². The van der Waals surface area contributed by atoms with Crippen LogP contribution in [0.25, 0.3) is 0 Å². The molecule has 2 aromatic rings. The summed E-state index contributed by atoms with van der Waals surface area (Å²) >= 11 is 0. The predicted molar refractivity (Wildman–Crippen MR) is 107 cm³/mol. The lowest BCUT2D eigenvalue weighted by Gasteiger charge is -2.30. The Morgan fingerprint density at radius 2 is 1.59 bits per heavy atom. The van der Waals surface area contributed by atoms with Crippen molar-refractivity contribution < 1.29 is 24.2 Å². The van der Waals surface area contributed by atoms with E-state index in [0.717, 1.165) is 4.90 Å². The van der Waals surface area contributed by atoms with Crippen LogP contribution in [0.1, 0.15) is 46.2 Å². The van der Waals surface area contributed by atoms with Crippen LogP contribution in [0.5, 0.6) is 5.75 Å². The number of nitrogens with zero attached hydrogens (tertiary/aromatic N) is 1. The Bertz CT molecular complexity index is 888. The molecule has 2 N–H and O–H groups in total. The van der Waals surface area contributed by atoms with E-state index in [1.807, 2.05) is 0 Å². The minimum Gasteiger partial charge on any atom is -0.497 e. The van der Waals surface area contributed by atoms with Crippen LogP contribution in [-0.2, 0) is 4.79 Å². The number of imide groups is 1. The first-order chi connectivity index (χ1) is 13.9. The first kappa shape index (κ1) is 20.5. The van der Waals surface area contributed by atoms with Crippen molar-refractivity contribution in [3.63, 3.8) is 0 Å². The van der Waals surface area contributed by atoms with Gasteiger partial charge in [-0.1, -0.05) is 38.1 Å². The van der Waals surface area contributed by atoms with Crippen LogP contribution in [0.2, 0.25) is 0 Å². The zero-order valence-corrected chi connectivity index (χ0v) is 16.6. The molecule has 0 aromatic heterocycles. The summed E-state index contributed by atoms with van der Waals surface area (Å²) in [6.07, 6.45) is 0. The lowest BCUT2D eigenvalue weighted by atomic mass is 10.00. The molecule has 0 aliphatic carbocycles. The minimum absolute atomic E-state index is 0.296. The van der Waals surface area contributed by atoms with Gasteiger partial charge in [0.1, 0.15) is 11.8 Å². The average molecular weight is 396 g/mol. The number of hydrogen-bond donors (Lipinski definition) is 2. The molecule has 0 saturated carbocycles. The number of benzene rings is 2. The van der Waals surface area contributed by atoms with Gasteiger partial charge >= 0.3 is 0 Å².